The first kappa shape index (κ1) is 26.0. The highest BCUT2D eigenvalue weighted by atomic mass is 19.2. The van der Waals surface area contributed by atoms with Crippen molar-refractivity contribution in [3.8, 4) is 28.0 Å². The lowest BCUT2D eigenvalue weighted by Crippen LogP contribution is -2.19. The van der Waals surface area contributed by atoms with Gasteiger partial charge in [0.1, 0.15) is 5.82 Å². The first-order valence-electron chi connectivity index (χ1n) is 12.8. The van der Waals surface area contributed by atoms with Crippen molar-refractivity contribution in [3.05, 3.63) is 89.8 Å². The smallest absolute Gasteiger partial charge is 0.201 e. The molecule has 1 saturated heterocycles. The number of halogens is 3. The maximum atomic E-state index is 15.0. The summed E-state index contributed by atoms with van der Waals surface area (Å²) in [6.45, 7) is 5.06. The molecule has 4 rings (SSSR count). The van der Waals surface area contributed by atoms with Gasteiger partial charge in [-0.1, -0.05) is 68.3 Å². The predicted octanol–water partition coefficient (Wildman–Crippen LogP) is 9.05. The lowest BCUT2D eigenvalue weighted by Gasteiger charge is -2.28. The molecule has 0 saturated carbocycles. The first-order chi connectivity index (χ1) is 17.5. The molecule has 1 aliphatic rings. The fourth-order valence-electron chi connectivity index (χ4n) is 4.65. The maximum Gasteiger partial charge on any atom is 0.201 e. The molecule has 2 nitrogen and oxygen atoms in total. The van der Waals surface area contributed by atoms with Crippen molar-refractivity contribution in [2.24, 2.45) is 5.92 Å². The molecule has 2 atom stereocenters. The van der Waals surface area contributed by atoms with Crippen LogP contribution in [0.2, 0.25) is 0 Å². The van der Waals surface area contributed by atoms with Crippen LogP contribution in [-0.2, 0) is 4.74 Å². The van der Waals surface area contributed by atoms with E-state index in [4.69, 9.17) is 9.47 Å². The molecule has 5 heteroatoms. The summed E-state index contributed by atoms with van der Waals surface area (Å²) in [7, 11) is 0. The van der Waals surface area contributed by atoms with Crippen LogP contribution in [0.3, 0.4) is 0 Å². The van der Waals surface area contributed by atoms with Crippen molar-refractivity contribution in [3.63, 3.8) is 0 Å². The largest absolute Gasteiger partial charge is 0.490 e. The lowest BCUT2D eigenvalue weighted by molar-refractivity contribution is -0.00538. The Balaban J connectivity index is 1.46. The van der Waals surface area contributed by atoms with E-state index >= 15 is 4.39 Å². The van der Waals surface area contributed by atoms with E-state index in [1.54, 1.807) is 30.3 Å². The number of rotatable bonds is 9. The molecule has 0 amide bonds. The van der Waals surface area contributed by atoms with Crippen LogP contribution in [0.25, 0.3) is 22.3 Å². The monoisotopic (exact) mass is 494 g/mol. The standard InChI is InChI=1S/C31H33F3O2/c1-3-5-6-18-35-29-17-15-26(30(33)31(29)34)23-11-9-22(10-12-23)25-14-13-24(19-27(25)32)28-16-8-21(7-4-2)20-36-28/h4,7,9-15,17,19,21,28H,3,5-6,8,16,18,20H2,1-2H3/b7-4+. The summed E-state index contributed by atoms with van der Waals surface area (Å²) in [5.41, 5.74) is 2.60. The third-order valence-electron chi connectivity index (χ3n) is 6.70. The Morgan fingerprint density at radius 3 is 2.25 bits per heavy atom. The van der Waals surface area contributed by atoms with Gasteiger partial charge in [0.05, 0.1) is 19.3 Å². The molecule has 190 valence electrons. The number of allylic oxidation sites excluding steroid dienone is 1. The molecular weight excluding hydrogens is 461 g/mol. The van der Waals surface area contributed by atoms with Gasteiger partial charge in [-0.2, -0.15) is 4.39 Å². The third kappa shape index (κ3) is 6.01. The van der Waals surface area contributed by atoms with E-state index in [0.717, 1.165) is 37.7 Å². The minimum atomic E-state index is -0.989. The van der Waals surface area contributed by atoms with Crippen molar-refractivity contribution in [1.82, 2.24) is 0 Å². The Hall–Kier alpha value is -3.05. The molecule has 0 bridgehead atoms. The van der Waals surface area contributed by atoms with E-state index in [2.05, 4.69) is 13.0 Å². The molecule has 1 fully saturated rings. The van der Waals surface area contributed by atoms with Gasteiger partial charge in [0.25, 0.3) is 0 Å². The molecule has 3 aromatic carbocycles. The Labute approximate surface area is 211 Å². The van der Waals surface area contributed by atoms with E-state index in [-0.39, 0.29) is 23.2 Å². The van der Waals surface area contributed by atoms with Gasteiger partial charge in [-0.15, -0.1) is 0 Å². The van der Waals surface area contributed by atoms with Crippen molar-refractivity contribution in [2.45, 2.75) is 52.1 Å². The van der Waals surface area contributed by atoms with Gasteiger partial charge in [-0.3, -0.25) is 0 Å². The molecule has 0 aliphatic carbocycles. The SMILES string of the molecule is C/C=C/C1CCC(c2ccc(-c3ccc(-c4ccc(OCCCCC)c(F)c4F)cc3)c(F)c2)OC1. The van der Waals surface area contributed by atoms with Crippen molar-refractivity contribution < 1.29 is 22.6 Å². The molecule has 3 aromatic rings. The van der Waals surface area contributed by atoms with E-state index in [1.165, 1.54) is 18.2 Å². The number of hydrogen-bond acceptors (Lipinski definition) is 2. The summed E-state index contributed by atoms with van der Waals surface area (Å²) in [6, 6.07) is 15.0. The molecular formula is C31H33F3O2. The summed E-state index contributed by atoms with van der Waals surface area (Å²) in [5.74, 6) is -1.93. The van der Waals surface area contributed by atoms with Gasteiger partial charge in [-0.05, 0) is 61.1 Å². The predicted molar refractivity (Wildman–Crippen MR) is 138 cm³/mol. The number of ether oxygens (including phenoxy) is 2. The highest BCUT2D eigenvalue weighted by Gasteiger charge is 2.22. The second kappa shape index (κ2) is 12.3. The Bertz CT molecular complexity index is 1180. The quantitative estimate of drug-likeness (QED) is 0.218. The zero-order chi connectivity index (χ0) is 25.5. The van der Waals surface area contributed by atoms with Crippen molar-refractivity contribution in [1.29, 1.82) is 0 Å². The fraction of sp³-hybridized carbons (Fsp3) is 0.355. The average molecular weight is 495 g/mol. The van der Waals surface area contributed by atoms with Gasteiger partial charge in [0.2, 0.25) is 5.82 Å². The fourth-order valence-corrected chi connectivity index (χ4v) is 4.65. The minimum absolute atomic E-state index is 0.0783. The lowest BCUT2D eigenvalue weighted by atomic mass is 9.93. The van der Waals surface area contributed by atoms with Crippen LogP contribution in [0, 0.1) is 23.4 Å². The topological polar surface area (TPSA) is 18.5 Å². The normalized spacial score (nSPS) is 18.0. The van der Waals surface area contributed by atoms with Crippen molar-refractivity contribution in [2.75, 3.05) is 13.2 Å². The van der Waals surface area contributed by atoms with Gasteiger partial charge < -0.3 is 9.47 Å². The van der Waals surface area contributed by atoms with Gasteiger partial charge in [0.15, 0.2) is 11.6 Å². The zero-order valence-electron chi connectivity index (χ0n) is 20.9. The molecule has 2 unspecified atom stereocenters. The second-order valence-electron chi connectivity index (χ2n) is 9.30. The highest BCUT2D eigenvalue weighted by molar-refractivity contribution is 5.71. The van der Waals surface area contributed by atoms with Crippen LogP contribution in [0.1, 0.15) is 57.6 Å². The third-order valence-corrected chi connectivity index (χ3v) is 6.70. The van der Waals surface area contributed by atoms with Gasteiger partial charge in [0, 0.05) is 17.0 Å². The van der Waals surface area contributed by atoms with E-state index in [1.807, 2.05) is 19.1 Å². The van der Waals surface area contributed by atoms with Crippen LogP contribution in [0.15, 0.2) is 66.7 Å². The van der Waals surface area contributed by atoms with Crippen LogP contribution < -0.4 is 4.74 Å². The summed E-state index contributed by atoms with van der Waals surface area (Å²) >= 11 is 0. The Morgan fingerprint density at radius 1 is 0.889 bits per heavy atom. The molecule has 36 heavy (non-hydrogen) atoms. The van der Waals surface area contributed by atoms with Crippen LogP contribution >= 0.6 is 0 Å². The van der Waals surface area contributed by atoms with E-state index in [9.17, 15) is 8.78 Å². The maximum absolute atomic E-state index is 15.0. The first-order valence-corrected chi connectivity index (χ1v) is 12.8. The Morgan fingerprint density at radius 2 is 1.61 bits per heavy atom. The van der Waals surface area contributed by atoms with Gasteiger partial charge >= 0.3 is 0 Å². The molecule has 0 aromatic heterocycles. The highest BCUT2D eigenvalue weighted by Crippen LogP contribution is 2.35. The molecule has 1 aliphatic heterocycles. The Kier molecular flexibility index (Phi) is 8.87. The summed E-state index contributed by atoms with van der Waals surface area (Å²) < 4.78 is 55.7. The van der Waals surface area contributed by atoms with Crippen molar-refractivity contribution >= 4 is 0 Å². The summed E-state index contributed by atoms with van der Waals surface area (Å²) in [6.07, 6.45) is 8.76. The minimum Gasteiger partial charge on any atom is -0.490 e. The molecule has 1 heterocycles. The number of unbranched alkanes of at least 4 members (excludes halogenated alkanes) is 2. The average Bonchev–Trinajstić information content (AvgIpc) is 2.90. The van der Waals surface area contributed by atoms with Crippen LogP contribution in [0.4, 0.5) is 13.2 Å². The molecule has 0 N–H and O–H groups in total. The molecule has 0 spiro atoms. The number of hydrogen-bond donors (Lipinski definition) is 0. The van der Waals surface area contributed by atoms with Crippen LogP contribution in [-0.4, -0.2) is 13.2 Å². The van der Waals surface area contributed by atoms with E-state index in [0.29, 0.717) is 35.8 Å². The zero-order valence-corrected chi connectivity index (χ0v) is 20.9. The summed E-state index contributed by atoms with van der Waals surface area (Å²) in [4.78, 5) is 0. The molecule has 0 radical (unpaired) electrons. The van der Waals surface area contributed by atoms with E-state index < -0.39 is 11.6 Å². The van der Waals surface area contributed by atoms with Gasteiger partial charge in [-0.25, -0.2) is 8.78 Å². The number of benzene rings is 3. The summed E-state index contributed by atoms with van der Waals surface area (Å²) in [5, 5.41) is 0. The second-order valence-corrected chi connectivity index (χ2v) is 9.30. The van der Waals surface area contributed by atoms with Crippen LogP contribution in [0.5, 0.6) is 5.75 Å².